The Bertz CT molecular complexity index is 806. The first kappa shape index (κ1) is 12.6. The summed E-state index contributed by atoms with van der Waals surface area (Å²) in [6.45, 7) is 0. The number of aldehydes is 1. The van der Waals surface area contributed by atoms with Crippen LogP contribution < -0.4 is 0 Å². The molecule has 0 bridgehead atoms. The lowest BCUT2D eigenvalue weighted by Gasteiger charge is -2.02. The van der Waals surface area contributed by atoms with Gasteiger partial charge in [0.15, 0.2) is 6.29 Å². The van der Waals surface area contributed by atoms with Crippen LogP contribution in [0, 0.1) is 0 Å². The van der Waals surface area contributed by atoms with E-state index in [-0.39, 0.29) is 0 Å². The van der Waals surface area contributed by atoms with Crippen LogP contribution in [0.1, 0.15) is 10.5 Å². The topological polar surface area (TPSA) is 49.9 Å². The highest BCUT2D eigenvalue weighted by Gasteiger charge is 2.18. The zero-order chi connectivity index (χ0) is 14.1. The summed E-state index contributed by atoms with van der Waals surface area (Å²) < 4.78 is 0. The summed E-state index contributed by atoms with van der Waals surface area (Å²) in [5.74, 6) is -0.573. The molecule has 0 atom stereocenters. The van der Waals surface area contributed by atoms with Gasteiger partial charge < -0.3 is 4.98 Å². The highest BCUT2D eigenvalue weighted by Crippen LogP contribution is 2.33. The van der Waals surface area contributed by atoms with Crippen LogP contribution in [0.3, 0.4) is 0 Å². The molecule has 0 radical (unpaired) electrons. The van der Waals surface area contributed by atoms with Crippen molar-refractivity contribution in [2.24, 2.45) is 0 Å². The van der Waals surface area contributed by atoms with Crippen LogP contribution in [0.15, 0.2) is 48.5 Å². The molecule has 3 aromatic rings. The maximum atomic E-state index is 11.8. The number of rotatable bonds is 3. The van der Waals surface area contributed by atoms with Gasteiger partial charge in [0.05, 0.1) is 5.69 Å². The van der Waals surface area contributed by atoms with E-state index in [1.54, 1.807) is 12.1 Å². The monoisotopic (exact) mass is 283 g/mol. The number of hydrogen-bond donors (Lipinski definition) is 1. The van der Waals surface area contributed by atoms with Gasteiger partial charge in [-0.1, -0.05) is 48.0 Å². The highest BCUT2D eigenvalue weighted by molar-refractivity contribution is 6.36. The number of benzene rings is 2. The van der Waals surface area contributed by atoms with Crippen LogP contribution in [0.2, 0.25) is 5.02 Å². The van der Waals surface area contributed by atoms with Gasteiger partial charge >= 0.3 is 0 Å². The zero-order valence-corrected chi connectivity index (χ0v) is 11.1. The zero-order valence-electron chi connectivity index (χ0n) is 10.4. The van der Waals surface area contributed by atoms with E-state index in [2.05, 4.69) is 4.98 Å². The summed E-state index contributed by atoms with van der Waals surface area (Å²) in [6, 6.07) is 14.8. The number of fused-ring (bicyclic) bond motifs is 1. The number of carbonyl (C=O) groups is 2. The number of Topliss-reactive ketones (excluding diaryl/α,β-unsaturated/α-hetero) is 1. The lowest BCUT2D eigenvalue weighted by molar-refractivity contribution is -0.104. The number of halogens is 1. The minimum Gasteiger partial charge on any atom is -0.351 e. The van der Waals surface area contributed by atoms with Gasteiger partial charge in [0.1, 0.15) is 0 Å². The van der Waals surface area contributed by atoms with Crippen molar-refractivity contribution in [3.05, 3.63) is 59.2 Å². The van der Waals surface area contributed by atoms with Gasteiger partial charge in [0.25, 0.3) is 0 Å². The van der Waals surface area contributed by atoms with Crippen molar-refractivity contribution in [3.8, 4) is 11.1 Å². The Morgan fingerprint density at radius 2 is 1.85 bits per heavy atom. The van der Waals surface area contributed by atoms with Crippen LogP contribution >= 0.6 is 11.6 Å². The summed E-state index contributed by atoms with van der Waals surface area (Å²) in [5, 5.41) is 1.44. The molecule has 0 amide bonds. The third kappa shape index (κ3) is 2.02. The number of hydrogen-bond acceptors (Lipinski definition) is 2. The lowest BCUT2D eigenvalue weighted by atomic mass is 10.0. The molecule has 1 aromatic heterocycles. The molecule has 1 N–H and O–H groups in total. The van der Waals surface area contributed by atoms with E-state index in [9.17, 15) is 9.59 Å². The normalized spacial score (nSPS) is 10.7. The molecule has 0 saturated carbocycles. The molecule has 0 spiro atoms. The molecule has 20 heavy (non-hydrogen) atoms. The van der Waals surface area contributed by atoms with Crippen molar-refractivity contribution < 1.29 is 9.59 Å². The minimum absolute atomic E-state index is 0.295. The number of aromatic nitrogens is 1. The van der Waals surface area contributed by atoms with Crippen molar-refractivity contribution in [1.29, 1.82) is 0 Å². The fraction of sp³-hybridized carbons (Fsp3) is 0. The molecule has 0 unspecified atom stereocenters. The summed E-state index contributed by atoms with van der Waals surface area (Å²) in [7, 11) is 0. The highest BCUT2D eigenvalue weighted by atomic mass is 35.5. The molecule has 2 aromatic carbocycles. The first-order chi connectivity index (χ1) is 9.70. The van der Waals surface area contributed by atoms with Crippen LogP contribution in [0.4, 0.5) is 0 Å². The summed E-state index contributed by atoms with van der Waals surface area (Å²) in [5.41, 5.74) is 2.64. The SMILES string of the molecule is O=CC(=O)c1[nH]c2cc(Cl)ccc2c1-c1ccccc1. The fourth-order valence-corrected chi connectivity index (χ4v) is 2.49. The van der Waals surface area contributed by atoms with Crippen molar-refractivity contribution in [3.63, 3.8) is 0 Å². The van der Waals surface area contributed by atoms with Crippen molar-refractivity contribution in [2.75, 3.05) is 0 Å². The Kier molecular flexibility index (Phi) is 3.12. The van der Waals surface area contributed by atoms with E-state index in [0.29, 0.717) is 17.0 Å². The van der Waals surface area contributed by atoms with Crippen LogP contribution in [-0.2, 0) is 4.79 Å². The van der Waals surface area contributed by atoms with Crippen molar-refractivity contribution in [2.45, 2.75) is 0 Å². The van der Waals surface area contributed by atoms with Gasteiger partial charge in [0.2, 0.25) is 5.78 Å². The number of nitrogens with one attached hydrogen (secondary N) is 1. The predicted octanol–water partition coefficient (Wildman–Crippen LogP) is 3.87. The number of carbonyl (C=O) groups excluding carboxylic acids is 2. The Balaban J connectivity index is 2.37. The van der Waals surface area contributed by atoms with Crippen molar-refractivity contribution in [1.82, 2.24) is 4.98 Å². The molecule has 3 rings (SSSR count). The molecule has 0 aliphatic rings. The van der Waals surface area contributed by atoms with E-state index >= 15 is 0 Å². The molecule has 0 fully saturated rings. The standard InChI is InChI=1S/C16H10ClNO2/c17-11-6-7-12-13(8-11)18-16(14(20)9-19)15(12)10-4-2-1-3-5-10/h1-9,18H. The van der Waals surface area contributed by atoms with E-state index in [0.717, 1.165) is 22.0 Å². The number of aromatic amines is 1. The first-order valence-corrected chi connectivity index (χ1v) is 6.44. The van der Waals surface area contributed by atoms with Gasteiger partial charge in [-0.3, -0.25) is 9.59 Å². The van der Waals surface area contributed by atoms with Gasteiger partial charge in [-0.05, 0) is 17.7 Å². The number of H-pyrrole nitrogens is 1. The fourth-order valence-electron chi connectivity index (χ4n) is 2.32. The van der Waals surface area contributed by atoms with E-state index in [1.165, 1.54) is 0 Å². The van der Waals surface area contributed by atoms with E-state index in [1.807, 2.05) is 36.4 Å². The third-order valence-corrected chi connectivity index (χ3v) is 3.41. The predicted molar refractivity (Wildman–Crippen MR) is 79.1 cm³/mol. The Morgan fingerprint density at radius 3 is 2.55 bits per heavy atom. The van der Waals surface area contributed by atoms with E-state index in [4.69, 9.17) is 11.6 Å². The molecular formula is C16H10ClNO2. The lowest BCUT2D eigenvalue weighted by Crippen LogP contribution is -2.02. The first-order valence-electron chi connectivity index (χ1n) is 6.07. The molecule has 0 saturated heterocycles. The summed E-state index contributed by atoms with van der Waals surface area (Å²) in [4.78, 5) is 25.7. The molecule has 0 aliphatic heterocycles. The van der Waals surface area contributed by atoms with E-state index < -0.39 is 5.78 Å². The Labute approximate surface area is 120 Å². The maximum Gasteiger partial charge on any atom is 0.242 e. The second-order valence-corrected chi connectivity index (χ2v) is 4.85. The van der Waals surface area contributed by atoms with Gasteiger partial charge in [0, 0.05) is 21.5 Å². The Hall–Kier alpha value is -2.39. The molecule has 0 aliphatic carbocycles. The quantitative estimate of drug-likeness (QED) is 0.451. The molecule has 3 nitrogen and oxygen atoms in total. The molecular weight excluding hydrogens is 274 g/mol. The van der Waals surface area contributed by atoms with Crippen molar-refractivity contribution >= 4 is 34.6 Å². The average Bonchev–Trinajstić information content (AvgIpc) is 2.85. The van der Waals surface area contributed by atoms with Gasteiger partial charge in [-0.25, -0.2) is 0 Å². The van der Waals surface area contributed by atoms with Crippen LogP contribution in [0.5, 0.6) is 0 Å². The summed E-state index contributed by atoms with van der Waals surface area (Å²) >= 11 is 5.97. The molecule has 98 valence electrons. The Morgan fingerprint density at radius 1 is 1.10 bits per heavy atom. The maximum absolute atomic E-state index is 11.8. The second-order valence-electron chi connectivity index (χ2n) is 4.41. The smallest absolute Gasteiger partial charge is 0.242 e. The molecule has 4 heteroatoms. The van der Waals surface area contributed by atoms with Crippen LogP contribution in [-0.4, -0.2) is 17.1 Å². The van der Waals surface area contributed by atoms with Crippen LogP contribution in [0.25, 0.3) is 22.0 Å². The number of ketones is 1. The average molecular weight is 284 g/mol. The van der Waals surface area contributed by atoms with Gasteiger partial charge in [-0.15, -0.1) is 0 Å². The second kappa shape index (κ2) is 4.94. The summed E-state index contributed by atoms with van der Waals surface area (Å²) in [6.07, 6.45) is 0.318. The third-order valence-electron chi connectivity index (χ3n) is 3.18. The molecule has 1 heterocycles. The minimum atomic E-state index is -0.573. The largest absolute Gasteiger partial charge is 0.351 e. The van der Waals surface area contributed by atoms with Gasteiger partial charge in [-0.2, -0.15) is 0 Å².